The van der Waals surface area contributed by atoms with Gasteiger partial charge in [-0.3, -0.25) is 4.90 Å². The van der Waals surface area contributed by atoms with E-state index in [1.165, 1.54) is 12.5 Å². The van der Waals surface area contributed by atoms with Crippen molar-refractivity contribution in [2.24, 2.45) is 11.7 Å². The van der Waals surface area contributed by atoms with Gasteiger partial charge in [0.2, 0.25) is 0 Å². The number of piperidine rings is 1. The Bertz CT molecular complexity index is 411. The minimum absolute atomic E-state index is 0.179. The van der Waals surface area contributed by atoms with Gasteiger partial charge in [0.25, 0.3) is 0 Å². The molecule has 2 atom stereocenters. The Morgan fingerprint density at radius 2 is 2.22 bits per heavy atom. The van der Waals surface area contributed by atoms with E-state index >= 15 is 0 Å². The van der Waals surface area contributed by atoms with Crippen LogP contribution in [0, 0.1) is 11.7 Å². The average Bonchev–Trinajstić information content (AvgIpc) is 2.36. The van der Waals surface area contributed by atoms with Gasteiger partial charge in [-0.15, -0.1) is 0 Å². The second kappa shape index (κ2) is 6.00. The fourth-order valence-corrected chi connectivity index (χ4v) is 2.75. The van der Waals surface area contributed by atoms with Crippen LogP contribution >= 0.6 is 11.6 Å². The molecule has 100 valence electrons. The monoisotopic (exact) mass is 270 g/mol. The number of likely N-dealkylation sites (tertiary alicyclic amines) is 1. The van der Waals surface area contributed by atoms with Crippen molar-refractivity contribution in [3.05, 3.63) is 34.6 Å². The molecular formula is C14H20ClFN2. The largest absolute Gasteiger partial charge is 0.330 e. The third-order valence-electron chi connectivity index (χ3n) is 3.82. The summed E-state index contributed by atoms with van der Waals surface area (Å²) in [5, 5.41) is 0.589. The summed E-state index contributed by atoms with van der Waals surface area (Å²) in [6.07, 6.45) is 2.30. The van der Waals surface area contributed by atoms with Crippen LogP contribution in [0.25, 0.3) is 0 Å². The normalized spacial score (nSPS) is 25.3. The zero-order valence-corrected chi connectivity index (χ0v) is 11.5. The van der Waals surface area contributed by atoms with Crippen LogP contribution in [0.1, 0.15) is 25.3 Å². The van der Waals surface area contributed by atoms with Gasteiger partial charge >= 0.3 is 0 Å². The highest BCUT2D eigenvalue weighted by Crippen LogP contribution is 2.24. The number of halogens is 2. The first-order valence-electron chi connectivity index (χ1n) is 6.48. The van der Waals surface area contributed by atoms with Gasteiger partial charge < -0.3 is 5.73 Å². The van der Waals surface area contributed by atoms with Crippen molar-refractivity contribution in [2.45, 2.75) is 32.4 Å². The van der Waals surface area contributed by atoms with Gasteiger partial charge in [-0.1, -0.05) is 11.6 Å². The molecule has 1 fully saturated rings. The van der Waals surface area contributed by atoms with Gasteiger partial charge in [0.15, 0.2) is 0 Å². The van der Waals surface area contributed by atoms with Crippen LogP contribution in [0.4, 0.5) is 4.39 Å². The Morgan fingerprint density at radius 1 is 1.44 bits per heavy atom. The molecule has 2 N–H and O–H groups in total. The molecule has 1 aliphatic rings. The summed E-state index contributed by atoms with van der Waals surface area (Å²) in [6, 6.07) is 5.22. The number of nitrogens with zero attached hydrogens (tertiary/aromatic N) is 1. The van der Waals surface area contributed by atoms with Gasteiger partial charge in [-0.2, -0.15) is 0 Å². The van der Waals surface area contributed by atoms with E-state index in [0.717, 1.165) is 13.0 Å². The van der Waals surface area contributed by atoms with Crippen LogP contribution in [0.5, 0.6) is 0 Å². The summed E-state index contributed by atoms with van der Waals surface area (Å²) in [5.41, 5.74) is 6.41. The number of hydrogen-bond acceptors (Lipinski definition) is 2. The highest BCUT2D eigenvalue weighted by Gasteiger charge is 2.25. The SMILES string of the molecule is CC1CCC(CN)CN1Cc1cc(Cl)ccc1F. The second-order valence-electron chi connectivity index (χ2n) is 5.19. The van der Waals surface area contributed by atoms with Gasteiger partial charge in [-0.25, -0.2) is 4.39 Å². The zero-order chi connectivity index (χ0) is 13.1. The molecule has 1 saturated heterocycles. The van der Waals surface area contributed by atoms with E-state index in [1.54, 1.807) is 12.1 Å². The van der Waals surface area contributed by atoms with Crippen LogP contribution in [0.2, 0.25) is 5.02 Å². The molecule has 0 spiro atoms. The predicted molar refractivity (Wildman–Crippen MR) is 73.1 cm³/mol. The Labute approximate surface area is 113 Å². The summed E-state index contributed by atoms with van der Waals surface area (Å²) in [6.45, 7) is 4.46. The lowest BCUT2D eigenvalue weighted by Gasteiger charge is -2.37. The maximum atomic E-state index is 13.7. The number of nitrogens with two attached hydrogens (primary N) is 1. The summed E-state index contributed by atoms with van der Waals surface area (Å²) in [7, 11) is 0. The molecule has 0 radical (unpaired) electrons. The van der Waals surface area contributed by atoms with Gasteiger partial charge in [0, 0.05) is 29.7 Å². The lowest BCUT2D eigenvalue weighted by Crippen LogP contribution is -2.43. The van der Waals surface area contributed by atoms with Crippen LogP contribution in [-0.2, 0) is 6.54 Å². The smallest absolute Gasteiger partial charge is 0.127 e. The molecule has 0 aromatic heterocycles. The Balaban J connectivity index is 2.09. The molecular weight excluding hydrogens is 251 g/mol. The van der Waals surface area contributed by atoms with Crippen molar-refractivity contribution >= 4 is 11.6 Å². The Kier molecular flexibility index (Phi) is 4.60. The van der Waals surface area contributed by atoms with Crippen molar-refractivity contribution in [1.29, 1.82) is 0 Å². The van der Waals surface area contributed by atoms with Crippen LogP contribution in [0.15, 0.2) is 18.2 Å². The topological polar surface area (TPSA) is 29.3 Å². The third kappa shape index (κ3) is 3.22. The van der Waals surface area contributed by atoms with Crippen LogP contribution in [0.3, 0.4) is 0 Å². The van der Waals surface area contributed by atoms with Crippen LogP contribution < -0.4 is 5.73 Å². The highest BCUT2D eigenvalue weighted by molar-refractivity contribution is 6.30. The Hall–Kier alpha value is -0.640. The molecule has 4 heteroatoms. The van der Waals surface area contributed by atoms with Crippen molar-refractivity contribution in [3.63, 3.8) is 0 Å². The number of benzene rings is 1. The molecule has 0 bridgehead atoms. The van der Waals surface area contributed by atoms with E-state index in [9.17, 15) is 4.39 Å². The van der Waals surface area contributed by atoms with Gasteiger partial charge in [0.05, 0.1) is 0 Å². The van der Waals surface area contributed by atoms with Gasteiger partial charge in [0.1, 0.15) is 5.82 Å². The number of hydrogen-bond donors (Lipinski definition) is 1. The van der Waals surface area contributed by atoms with E-state index in [2.05, 4.69) is 11.8 Å². The molecule has 1 heterocycles. The van der Waals surface area contributed by atoms with Crippen molar-refractivity contribution in [2.75, 3.05) is 13.1 Å². The first kappa shape index (κ1) is 13.8. The lowest BCUT2D eigenvalue weighted by atomic mass is 9.93. The molecule has 2 unspecified atom stereocenters. The molecule has 2 rings (SSSR count). The summed E-state index contributed by atoms with van der Waals surface area (Å²) in [4.78, 5) is 2.30. The standard InChI is InChI=1S/C14H20ClFN2/c1-10-2-3-11(7-17)8-18(10)9-12-6-13(15)4-5-14(12)16/h4-6,10-11H,2-3,7-9,17H2,1H3. The zero-order valence-electron chi connectivity index (χ0n) is 10.7. The molecule has 0 saturated carbocycles. The fourth-order valence-electron chi connectivity index (χ4n) is 2.56. The minimum atomic E-state index is -0.179. The van der Waals surface area contributed by atoms with E-state index in [1.807, 2.05) is 0 Å². The van der Waals surface area contributed by atoms with E-state index < -0.39 is 0 Å². The van der Waals surface area contributed by atoms with Crippen molar-refractivity contribution in [3.8, 4) is 0 Å². The third-order valence-corrected chi connectivity index (χ3v) is 4.06. The predicted octanol–water partition coefficient (Wildman–Crippen LogP) is 3.04. The first-order chi connectivity index (χ1) is 8.60. The second-order valence-corrected chi connectivity index (χ2v) is 5.63. The minimum Gasteiger partial charge on any atom is -0.330 e. The molecule has 1 aliphatic heterocycles. The summed E-state index contributed by atoms with van der Waals surface area (Å²) in [5.74, 6) is 0.352. The van der Waals surface area contributed by atoms with Crippen LogP contribution in [-0.4, -0.2) is 24.0 Å². The number of rotatable bonds is 3. The average molecular weight is 271 g/mol. The highest BCUT2D eigenvalue weighted by atomic mass is 35.5. The molecule has 1 aromatic rings. The van der Waals surface area contributed by atoms with E-state index in [0.29, 0.717) is 35.6 Å². The molecule has 1 aromatic carbocycles. The maximum absolute atomic E-state index is 13.7. The van der Waals surface area contributed by atoms with E-state index in [4.69, 9.17) is 17.3 Å². The molecule has 2 nitrogen and oxygen atoms in total. The van der Waals surface area contributed by atoms with Crippen molar-refractivity contribution in [1.82, 2.24) is 4.90 Å². The molecule has 0 aliphatic carbocycles. The summed E-state index contributed by atoms with van der Waals surface area (Å²) < 4.78 is 13.7. The van der Waals surface area contributed by atoms with Gasteiger partial charge in [-0.05, 0) is 50.4 Å². The van der Waals surface area contributed by atoms with Crippen molar-refractivity contribution < 1.29 is 4.39 Å². The lowest BCUT2D eigenvalue weighted by molar-refractivity contribution is 0.112. The fraction of sp³-hybridized carbons (Fsp3) is 0.571. The maximum Gasteiger partial charge on any atom is 0.127 e. The van der Waals surface area contributed by atoms with E-state index in [-0.39, 0.29) is 5.82 Å². The summed E-state index contributed by atoms with van der Waals surface area (Å²) >= 11 is 5.92. The molecule has 18 heavy (non-hydrogen) atoms. The quantitative estimate of drug-likeness (QED) is 0.915. The first-order valence-corrected chi connectivity index (χ1v) is 6.86. The molecule has 0 amide bonds. The Morgan fingerprint density at radius 3 is 2.94 bits per heavy atom.